The maximum atomic E-state index is 10.6. The van der Waals surface area contributed by atoms with E-state index in [0.29, 0.717) is 19.8 Å². The van der Waals surface area contributed by atoms with Crippen LogP contribution in [0.3, 0.4) is 0 Å². The Hall–Kier alpha value is -1.30. The fraction of sp³-hybridized carbons (Fsp3) is 0.647. The summed E-state index contributed by atoms with van der Waals surface area (Å²) in [5.41, 5.74) is 0.567. The predicted molar refractivity (Wildman–Crippen MR) is 85.5 cm³/mol. The third kappa shape index (κ3) is 3.37. The topological polar surface area (TPSA) is 54.0 Å². The van der Waals surface area contributed by atoms with Gasteiger partial charge in [0.15, 0.2) is 11.5 Å². The van der Waals surface area contributed by atoms with Crippen LogP contribution < -0.4 is 14.8 Å². The zero-order chi connectivity index (χ0) is 15.6. The molecule has 0 amide bonds. The molecule has 0 saturated carbocycles. The van der Waals surface area contributed by atoms with Crippen LogP contribution in [0.15, 0.2) is 18.2 Å². The van der Waals surface area contributed by atoms with Crippen molar-refractivity contribution in [2.45, 2.75) is 31.4 Å². The first-order valence-electron chi connectivity index (χ1n) is 8.13. The van der Waals surface area contributed by atoms with Crippen LogP contribution in [0.25, 0.3) is 0 Å². The number of benzene rings is 1. The smallest absolute Gasteiger partial charge is 0.161 e. The van der Waals surface area contributed by atoms with Crippen LogP contribution in [-0.4, -0.2) is 55.5 Å². The first-order chi connectivity index (χ1) is 10.6. The maximum Gasteiger partial charge on any atom is 0.161 e. The summed E-state index contributed by atoms with van der Waals surface area (Å²) < 4.78 is 11.2. The average molecular weight is 306 g/mol. The van der Waals surface area contributed by atoms with E-state index in [9.17, 15) is 5.11 Å². The van der Waals surface area contributed by atoms with Crippen LogP contribution in [0, 0.1) is 0 Å². The van der Waals surface area contributed by atoms with Crippen LogP contribution in [0.1, 0.15) is 31.4 Å². The molecule has 3 rings (SSSR count). The molecular formula is C17H26N2O3. The third-order valence-electron chi connectivity index (χ3n) is 4.58. The number of likely N-dealkylation sites (tertiary alicyclic amines) is 1. The molecule has 2 heterocycles. The molecule has 22 heavy (non-hydrogen) atoms. The Labute approximate surface area is 132 Å². The Morgan fingerprint density at radius 2 is 2.09 bits per heavy atom. The lowest BCUT2D eigenvalue weighted by molar-refractivity contribution is 0.0487. The van der Waals surface area contributed by atoms with Gasteiger partial charge < -0.3 is 24.8 Å². The number of nitrogens with zero attached hydrogens (tertiary/aromatic N) is 1. The Bertz CT molecular complexity index is 523. The lowest BCUT2D eigenvalue weighted by Gasteiger charge is -2.27. The summed E-state index contributed by atoms with van der Waals surface area (Å²) in [5.74, 6) is 1.64. The molecule has 0 aromatic heterocycles. The molecule has 122 valence electrons. The van der Waals surface area contributed by atoms with Gasteiger partial charge in [-0.05, 0) is 37.6 Å². The molecule has 2 N–H and O–H groups in total. The highest BCUT2D eigenvalue weighted by Crippen LogP contribution is 2.33. The largest absolute Gasteiger partial charge is 0.486 e. The Morgan fingerprint density at radius 3 is 2.77 bits per heavy atom. The van der Waals surface area contributed by atoms with E-state index in [1.165, 1.54) is 5.56 Å². The van der Waals surface area contributed by atoms with Crippen LogP contribution >= 0.6 is 0 Å². The number of rotatable bonds is 5. The molecule has 5 heteroatoms. The number of hydrogen-bond acceptors (Lipinski definition) is 5. The van der Waals surface area contributed by atoms with Gasteiger partial charge in [0.25, 0.3) is 0 Å². The van der Waals surface area contributed by atoms with Crippen molar-refractivity contribution in [3.8, 4) is 11.5 Å². The number of β-amino-alcohol motifs (C(OH)–C–C–N with tert-alkyl or cyclic N) is 1. The van der Waals surface area contributed by atoms with Crippen molar-refractivity contribution in [2.24, 2.45) is 0 Å². The van der Waals surface area contributed by atoms with Crippen molar-refractivity contribution >= 4 is 0 Å². The minimum Gasteiger partial charge on any atom is -0.486 e. The molecule has 5 nitrogen and oxygen atoms in total. The fourth-order valence-electron chi connectivity index (χ4n) is 3.29. The van der Waals surface area contributed by atoms with E-state index in [-0.39, 0.29) is 6.04 Å². The van der Waals surface area contributed by atoms with Crippen LogP contribution in [-0.2, 0) is 0 Å². The molecule has 1 aromatic rings. The lowest BCUT2D eigenvalue weighted by atomic mass is 10.00. The molecular weight excluding hydrogens is 280 g/mol. The molecule has 0 radical (unpaired) electrons. The number of hydrogen-bond donors (Lipinski definition) is 2. The second kappa shape index (κ2) is 6.44. The van der Waals surface area contributed by atoms with Crippen LogP contribution in [0.2, 0.25) is 0 Å². The van der Waals surface area contributed by atoms with Gasteiger partial charge in [0.2, 0.25) is 0 Å². The highest BCUT2D eigenvalue weighted by Gasteiger charge is 2.34. The monoisotopic (exact) mass is 306 g/mol. The Balaban J connectivity index is 1.66. The van der Waals surface area contributed by atoms with Crippen molar-refractivity contribution in [2.75, 3.05) is 39.9 Å². The van der Waals surface area contributed by atoms with Gasteiger partial charge in [-0.3, -0.25) is 0 Å². The van der Waals surface area contributed by atoms with Crippen LogP contribution in [0.5, 0.6) is 11.5 Å². The predicted octanol–water partition coefficient (Wildman–Crippen LogP) is 1.57. The van der Waals surface area contributed by atoms with Gasteiger partial charge in [-0.25, -0.2) is 0 Å². The van der Waals surface area contributed by atoms with Gasteiger partial charge in [0.05, 0.1) is 5.60 Å². The maximum absolute atomic E-state index is 10.6. The van der Waals surface area contributed by atoms with Gasteiger partial charge in [-0.1, -0.05) is 13.0 Å². The zero-order valence-electron chi connectivity index (χ0n) is 13.5. The van der Waals surface area contributed by atoms with E-state index >= 15 is 0 Å². The number of aliphatic hydroxyl groups is 1. The Kier molecular flexibility index (Phi) is 4.57. The summed E-state index contributed by atoms with van der Waals surface area (Å²) in [6.45, 7) is 5.68. The van der Waals surface area contributed by atoms with E-state index in [0.717, 1.165) is 37.4 Å². The first kappa shape index (κ1) is 15.6. The van der Waals surface area contributed by atoms with Crippen molar-refractivity contribution < 1.29 is 14.6 Å². The molecule has 2 unspecified atom stereocenters. The summed E-state index contributed by atoms with van der Waals surface area (Å²) in [6.07, 6.45) is 1.79. The molecule has 2 atom stereocenters. The molecule has 1 saturated heterocycles. The average Bonchev–Trinajstić information content (AvgIpc) is 2.87. The van der Waals surface area contributed by atoms with Crippen molar-refractivity contribution in [3.63, 3.8) is 0 Å². The summed E-state index contributed by atoms with van der Waals surface area (Å²) in [5, 5.41) is 14.1. The summed E-state index contributed by atoms with van der Waals surface area (Å²) >= 11 is 0. The number of nitrogens with one attached hydrogen (secondary N) is 1. The van der Waals surface area contributed by atoms with Gasteiger partial charge in [-0.15, -0.1) is 0 Å². The number of fused-ring (bicyclic) bond motifs is 1. The number of likely N-dealkylation sites (N-methyl/N-ethyl adjacent to an activating group) is 1. The standard InChI is InChI=1S/C17H26N2O3/c1-3-14(18-11-17(20)6-7-19(2)12-17)13-4-5-15-16(10-13)22-9-8-21-15/h4-5,10,14,18,20H,3,6-9,11-12H2,1-2H3. The second-order valence-electron chi connectivity index (χ2n) is 6.46. The highest BCUT2D eigenvalue weighted by molar-refractivity contribution is 5.44. The molecule has 1 aromatic carbocycles. The number of ether oxygens (including phenoxy) is 2. The van der Waals surface area contributed by atoms with E-state index < -0.39 is 5.60 Å². The molecule has 0 bridgehead atoms. The summed E-state index contributed by atoms with van der Waals surface area (Å²) in [4.78, 5) is 2.17. The molecule has 0 spiro atoms. The van der Waals surface area contributed by atoms with Gasteiger partial charge >= 0.3 is 0 Å². The molecule has 2 aliphatic rings. The molecule has 2 aliphatic heterocycles. The van der Waals surface area contributed by atoms with Crippen molar-refractivity contribution in [1.82, 2.24) is 10.2 Å². The first-order valence-corrected chi connectivity index (χ1v) is 8.13. The zero-order valence-corrected chi connectivity index (χ0v) is 13.5. The van der Waals surface area contributed by atoms with Gasteiger partial charge in [0.1, 0.15) is 13.2 Å². The minimum absolute atomic E-state index is 0.214. The van der Waals surface area contributed by atoms with E-state index in [1.807, 2.05) is 6.07 Å². The second-order valence-corrected chi connectivity index (χ2v) is 6.46. The van der Waals surface area contributed by atoms with Crippen molar-refractivity contribution in [1.29, 1.82) is 0 Å². The quantitative estimate of drug-likeness (QED) is 0.865. The molecule has 1 fully saturated rings. The van der Waals surface area contributed by atoms with Gasteiger partial charge in [0, 0.05) is 25.7 Å². The normalized spacial score (nSPS) is 26.1. The molecule has 0 aliphatic carbocycles. The fourth-order valence-corrected chi connectivity index (χ4v) is 3.29. The summed E-state index contributed by atoms with van der Waals surface area (Å²) in [7, 11) is 2.05. The Morgan fingerprint density at radius 1 is 1.32 bits per heavy atom. The SMILES string of the molecule is CCC(NCC1(O)CCN(C)C1)c1ccc2c(c1)OCCO2. The highest BCUT2D eigenvalue weighted by atomic mass is 16.6. The lowest BCUT2D eigenvalue weighted by Crippen LogP contribution is -2.43. The minimum atomic E-state index is -0.615. The van der Waals surface area contributed by atoms with Crippen LogP contribution in [0.4, 0.5) is 0 Å². The third-order valence-corrected chi connectivity index (χ3v) is 4.58. The van der Waals surface area contributed by atoms with E-state index in [4.69, 9.17) is 9.47 Å². The van der Waals surface area contributed by atoms with Gasteiger partial charge in [-0.2, -0.15) is 0 Å². The van der Waals surface area contributed by atoms with Crippen molar-refractivity contribution in [3.05, 3.63) is 23.8 Å². The van der Waals surface area contributed by atoms with E-state index in [1.54, 1.807) is 0 Å². The summed E-state index contributed by atoms with van der Waals surface area (Å²) in [6, 6.07) is 6.33. The van der Waals surface area contributed by atoms with E-state index in [2.05, 4.69) is 36.3 Å².